The Morgan fingerprint density at radius 2 is 1.92 bits per heavy atom. The molecule has 0 unspecified atom stereocenters. The number of aromatic nitrogens is 2. The molecule has 4 heteroatoms. The van der Waals surface area contributed by atoms with Gasteiger partial charge in [0.1, 0.15) is 0 Å². The zero-order valence-electron chi connectivity index (χ0n) is 6.88. The van der Waals surface area contributed by atoms with Gasteiger partial charge < -0.3 is 10.8 Å². The van der Waals surface area contributed by atoms with Gasteiger partial charge in [-0.25, -0.2) is 4.68 Å². The van der Waals surface area contributed by atoms with Gasteiger partial charge in [0.05, 0.1) is 11.9 Å². The number of anilines is 1. The van der Waals surface area contributed by atoms with Gasteiger partial charge in [-0.05, 0) is 12.1 Å². The van der Waals surface area contributed by atoms with Crippen molar-refractivity contribution in [1.82, 2.24) is 9.78 Å². The third kappa shape index (κ3) is 1.33. The molecule has 3 N–H and O–H groups in total. The van der Waals surface area contributed by atoms with Crippen LogP contribution in [0.3, 0.4) is 0 Å². The third-order valence-corrected chi connectivity index (χ3v) is 1.74. The molecule has 1 heterocycles. The number of nitrogens with two attached hydrogens (primary N) is 1. The number of nitrogen functional groups attached to an aromatic ring is 1. The van der Waals surface area contributed by atoms with Crippen molar-refractivity contribution >= 4 is 5.82 Å². The average molecular weight is 175 g/mol. The first-order valence-corrected chi connectivity index (χ1v) is 3.87. The fraction of sp³-hybridized carbons (Fsp3) is 0. The molecule has 4 nitrogen and oxygen atoms in total. The van der Waals surface area contributed by atoms with Gasteiger partial charge in [0, 0.05) is 0 Å². The molecule has 0 saturated heterocycles. The summed E-state index contributed by atoms with van der Waals surface area (Å²) in [6.45, 7) is 0. The van der Waals surface area contributed by atoms with E-state index in [1.165, 1.54) is 10.9 Å². The molecule has 0 bridgehead atoms. The summed E-state index contributed by atoms with van der Waals surface area (Å²) < 4.78 is 1.53. The number of para-hydroxylation sites is 1. The predicted molar refractivity (Wildman–Crippen MR) is 49.6 cm³/mol. The van der Waals surface area contributed by atoms with Crippen molar-refractivity contribution in [2.75, 3.05) is 5.73 Å². The molecule has 1 aromatic carbocycles. The van der Waals surface area contributed by atoms with Gasteiger partial charge >= 0.3 is 0 Å². The van der Waals surface area contributed by atoms with E-state index < -0.39 is 0 Å². The van der Waals surface area contributed by atoms with Crippen LogP contribution >= 0.6 is 0 Å². The van der Waals surface area contributed by atoms with Crippen molar-refractivity contribution in [3.05, 3.63) is 36.5 Å². The second-order valence-electron chi connectivity index (χ2n) is 2.68. The second-order valence-corrected chi connectivity index (χ2v) is 2.68. The van der Waals surface area contributed by atoms with Crippen LogP contribution in [0.5, 0.6) is 5.75 Å². The summed E-state index contributed by atoms with van der Waals surface area (Å²) in [5, 5.41) is 13.1. The molecular weight excluding hydrogens is 166 g/mol. The van der Waals surface area contributed by atoms with Crippen LogP contribution < -0.4 is 5.73 Å². The molecule has 1 aromatic heterocycles. The molecular formula is C9H9N3O. The Kier molecular flexibility index (Phi) is 1.66. The normalized spacial score (nSPS) is 10.2. The highest BCUT2D eigenvalue weighted by Gasteiger charge is 2.03. The number of benzene rings is 1. The van der Waals surface area contributed by atoms with Gasteiger partial charge in [-0.3, -0.25) is 0 Å². The maximum absolute atomic E-state index is 9.19. The highest BCUT2D eigenvalue weighted by Crippen LogP contribution is 2.18. The van der Waals surface area contributed by atoms with Gasteiger partial charge in [0.2, 0.25) is 0 Å². The minimum Gasteiger partial charge on any atom is -0.503 e. The first kappa shape index (κ1) is 7.67. The highest BCUT2D eigenvalue weighted by atomic mass is 16.3. The number of aromatic hydroxyl groups is 1. The molecule has 0 fully saturated rings. The van der Waals surface area contributed by atoms with Crippen LogP contribution in [0.1, 0.15) is 0 Å². The largest absolute Gasteiger partial charge is 0.503 e. The number of hydrogen-bond donors (Lipinski definition) is 2. The molecule has 0 aliphatic rings. The van der Waals surface area contributed by atoms with Gasteiger partial charge in [-0.2, -0.15) is 0 Å². The molecule has 0 aliphatic heterocycles. The summed E-state index contributed by atoms with van der Waals surface area (Å²) in [7, 11) is 0. The van der Waals surface area contributed by atoms with Gasteiger partial charge in [0.25, 0.3) is 0 Å². The Hall–Kier alpha value is -1.97. The van der Waals surface area contributed by atoms with Crippen LogP contribution in [0, 0.1) is 0 Å². The van der Waals surface area contributed by atoms with E-state index in [-0.39, 0.29) is 11.6 Å². The molecule has 66 valence electrons. The monoisotopic (exact) mass is 175 g/mol. The first-order chi connectivity index (χ1) is 6.27. The van der Waals surface area contributed by atoms with Crippen molar-refractivity contribution in [3.63, 3.8) is 0 Å². The standard InChI is InChI=1S/C9H9N3O/c10-9-8(13)6-12(11-9)7-4-2-1-3-5-7/h1-6,13H,(H2,10,11). The van der Waals surface area contributed by atoms with Crippen LogP contribution in [0.2, 0.25) is 0 Å². The van der Waals surface area contributed by atoms with Crippen molar-refractivity contribution in [1.29, 1.82) is 0 Å². The maximum atomic E-state index is 9.19. The quantitative estimate of drug-likeness (QED) is 0.683. The number of nitrogens with zero attached hydrogens (tertiary/aromatic N) is 2. The van der Waals surface area contributed by atoms with Crippen molar-refractivity contribution in [3.8, 4) is 11.4 Å². The van der Waals surface area contributed by atoms with E-state index in [1.54, 1.807) is 0 Å². The lowest BCUT2D eigenvalue weighted by molar-refractivity contribution is 0.477. The van der Waals surface area contributed by atoms with Crippen LogP contribution in [0.15, 0.2) is 36.5 Å². The Morgan fingerprint density at radius 1 is 1.23 bits per heavy atom. The fourth-order valence-corrected chi connectivity index (χ4v) is 1.09. The number of rotatable bonds is 1. The predicted octanol–water partition coefficient (Wildman–Crippen LogP) is 1.16. The van der Waals surface area contributed by atoms with E-state index in [0.29, 0.717) is 0 Å². The molecule has 2 rings (SSSR count). The van der Waals surface area contributed by atoms with Gasteiger partial charge in [-0.1, -0.05) is 18.2 Å². The summed E-state index contributed by atoms with van der Waals surface area (Å²) >= 11 is 0. The molecule has 0 amide bonds. The maximum Gasteiger partial charge on any atom is 0.188 e. The molecule has 0 radical (unpaired) electrons. The molecule has 0 aliphatic carbocycles. The van der Waals surface area contributed by atoms with Crippen LogP contribution in [-0.2, 0) is 0 Å². The summed E-state index contributed by atoms with van der Waals surface area (Å²) in [5.41, 5.74) is 6.27. The van der Waals surface area contributed by atoms with E-state index in [1.807, 2.05) is 30.3 Å². The second kappa shape index (κ2) is 2.82. The number of hydrogen-bond acceptors (Lipinski definition) is 3. The minimum atomic E-state index is 0.00357. The minimum absolute atomic E-state index is 0.00357. The zero-order chi connectivity index (χ0) is 9.26. The molecule has 0 spiro atoms. The summed E-state index contributed by atoms with van der Waals surface area (Å²) in [6, 6.07) is 9.46. The Balaban J connectivity index is 2.48. The molecule has 2 aromatic rings. The van der Waals surface area contributed by atoms with Gasteiger partial charge in [0.15, 0.2) is 11.6 Å². The Bertz CT molecular complexity index is 389. The third-order valence-electron chi connectivity index (χ3n) is 1.74. The summed E-state index contributed by atoms with van der Waals surface area (Å²) in [5.74, 6) is 0.146. The molecule has 0 atom stereocenters. The van der Waals surface area contributed by atoms with E-state index in [4.69, 9.17) is 5.73 Å². The van der Waals surface area contributed by atoms with E-state index >= 15 is 0 Å². The lowest BCUT2D eigenvalue weighted by atomic mass is 10.3. The fourth-order valence-electron chi connectivity index (χ4n) is 1.09. The lowest BCUT2D eigenvalue weighted by Crippen LogP contribution is -1.95. The van der Waals surface area contributed by atoms with Crippen LogP contribution in [0.4, 0.5) is 5.82 Å². The van der Waals surface area contributed by atoms with Gasteiger partial charge in [-0.15, -0.1) is 5.10 Å². The van der Waals surface area contributed by atoms with Crippen LogP contribution in [-0.4, -0.2) is 14.9 Å². The Morgan fingerprint density at radius 3 is 2.46 bits per heavy atom. The SMILES string of the molecule is Nc1nn(-c2ccccc2)cc1O. The summed E-state index contributed by atoms with van der Waals surface area (Å²) in [6.07, 6.45) is 1.48. The first-order valence-electron chi connectivity index (χ1n) is 3.87. The van der Waals surface area contributed by atoms with Crippen molar-refractivity contribution in [2.45, 2.75) is 0 Å². The van der Waals surface area contributed by atoms with E-state index in [9.17, 15) is 5.11 Å². The zero-order valence-corrected chi connectivity index (χ0v) is 6.88. The topological polar surface area (TPSA) is 64.1 Å². The average Bonchev–Trinajstić information content (AvgIpc) is 2.49. The summed E-state index contributed by atoms with van der Waals surface area (Å²) in [4.78, 5) is 0. The Labute approximate surface area is 75.2 Å². The van der Waals surface area contributed by atoms with E-state index in [2.05, 4.69) is 5.10 Å². The molecule has 0 saturated carbocycles. The highest BCUT2D eigenvalue weighted by molar-refractivity contribution is 5.45. The van der Waals surface area contributed by atoms with Crippen molar-refractivity contribution < 1.29 is 5.11 Å². The smallest absolute Gasteiger partial charge is 0.188 e. The van der Waals surface area contributed by atoms with Crippen molar-refractivity contribution in [2.24, 2.45) is 0 Å². The van der Waals surface area contributed by atoms with Crippen LogP contribution in [0.25, 0.3) is 5.69 Å². The lowest BCUT2D eigenvalue weighted by Gasteiger charge is -1.97. The van der Waals surface area contributed by atoms with E-state index in [0.717, 1.165) is 5.69 Å². The molecule has 13 heavy (non-hydrogen) atoms.